The Labute approximate surface area is 113 Å². The van der Waals surface area contributed by atoms with E-state index in [0.29, 0.717) is 17.7 Å². The van der Waals surface area contributed by atoms with E-state index in [9.17, 15) is 0 Å². The standard InChI is InChI=1S/C14H20ClNO2/c1-11-4-5-13(15)14(9-11)18-8-6-16-10-12-3-2-7-17-12/h4-5,9,12,16H,2-3,6-8,10H2,1H3. The molecule has 1 atom stereocenters. The first-order chi connectivity index (χ1) is 8.75. The highest BCUT2D eigenvalue weighted by Gasteiger charge is 2.14. The Morgan fingerprint density at radius 1 is 1.50 bits per heavy atom. The van der Waals surface area contributed by atoms with Crippen molar-refractivity contribution < 1.29 is 9.47 Å². The Balaban J connectivity index is 1.64. The first kappa shape index (κ1) is 13.7. The lowest BCUT2D eigenvalue weighted by Gasteiger charge is -2.12. The number of benzene rings is 1. The zero-order valence-corrected chi connectivity index (χ0v) is 11.5. The van der Waals surface area contributed by atoms with Crippen molar-refractivity contribution in [2.45, 2.75) is 25.9 Å². The molecule has 3 nitrogen and oxygen atoms in total. The Morgan fingerprint density at radius 3 is 3.17 bits per heavy atom. The van der Waals surface area contributed by atoms with E-state index in [1.807, 2.05) is 25.1 Å². The number of aryl methyl sites for hydroxylation is 1. The predicted octanol–water partition coefficient (Wildman–Crippen LogP) is 2.80. The summed E-state index contributed by atoms with van der Waals surface area (Å²) in [6, 6.07) is 5.80. The average molecular weight is 270 g/mol. The van der Waals surface area contributed by atoms with Gasteiger partial charge in [0.2, 0.25) is 0 Å². The van der Waals surface area contributed by atoms with Gasteiger partial charge < -0.3 is 14.8 Å². The molecule has 100 valence electrons. The van der Waals surface area contributed by atoms with Gasteiger partial charge in [-0.2, -0.15) is 0 Å². The number of hydrogen-bond acceptors (Lipinski definition) is 3. The van der Waals surface area contributed by atoms with Crippen LogP contribution in [0.2, 0.25) is 5.02 Å². The van der Waals surface area contributed by atoms with Crippen molar-refractivity contribution in [3.63, 3.8) is 0 Å². The van der Waals surface area contributed by atoms with Gasteiger partial charge in [0, 0.05) is 19.7 Å². The molecule has 0 bridgehead atoms. The number of rotatable bonds is 6. The first-order valence-corrected chi connectivity index (χ1v) is 6.85. The highest BCUT2D eigenvalue weighted by molar-refractivity contribution is 6.32. The van der Waals surface area contributed by atoms with Crippen LogP contribution in [0.4, 0.5) is 0 Å². The summed E-state index contributed by atoms with van der Waals surface area (Å²) in [5.74, 6) is 0.760. The molecule has 0 aliphatic carbocycles. The predicted molar refractivity (Wildman–Crippen MR) is 73.5 cm³/mol. The molecule has 1 aliphatic heterocycles. The third kappa shape index (κ3) is 4.16. The van der Waals surface area contributed by atoms with Crippen molar-refractivity contribution in [1.82, 2.24) is 5.32 Å². The molecular weight excluding hydrogens is 250 g/mol. The lowest BCUT2D eigenvalue weighted by atomic mass is 10.2. The Bertz CT molecular complexity index is 378. The summed E-state index contributed by atoms with van der Waals surface area (Å²) >= 11 is 6.05. The maximum Gasteiger partial charge on any atom is 0.138 e. The Hall–Kier alpha value is -0.770. The fraction of sp³-hybridized carbons (Fsp3) is 0.571. The molecular formula is C14H20ClNO2. The summed E-state index contributed by atoms with van der Waals surface area (Å²) in [5, 5.41) is 4.00. The molecule has 1 fully saturated rings. The lowest BCUT2D eigenvalue weighted by Crippen LogP contribution is -2.29. The molecule has 1 heterocycles. The molecule has 1 unspecified atom stereocenters. The molecule has 1 saturated heterocycles. The van der Waals surface area contributed by atoms with Crippen LogP contribution < -0.4 is 10.1 Å². The molecule has 0 radical (unpaired) electrons. The van der Waals surface area contributed by atoms with Gasteiger partial charge in [-0.15, -0.1) is 0 Å². The van der Waals surface area contributed by atoms with E-state index in [1.165, 1.54) is 6.42 Å². The topological polar surface area (TPSA) is 30.5 Å². The second-order valence-corrected chi connectivity index (χ2v) is 5.03. The molecule has 18 heavy (non-hydrogen) atoms. The molecule has 4 heteroatoms. The van der Waals surface area contributed by atoms with E-state index in [2.05, 4.69) is 5.32 Å². The average Bonchev–Trinajstić information content (AvgIpc) is 2.86. The maximum atomic E-state index is 6.05. The van der Waals surface area contributed by atoms with Gasteiger partial charge in [-0.3, -0.25) is 0 Å². The van der Waals surface area contributed by atoms with Crippen molar-refractivity contribution in [2.75, 3.05) is 26.3 Å². The zero-order valence-electron chi connectivity index (χ0n) is 10.7. The van der Waals surface area contributed by atoms with E-state index in [0.717, 1.165) is 37.4 Å². The summed E-state index contributed by atoms with van der Waals surface area (Å²) in [4.78, 5) is 0. The Kier molecular flexibility index (Phi) is 5.29. The van der Waals surface area contributed by atoms with Crippen molar-refractivity contribution in [3.05, 3.63) is 28.8 Å². The van der Waals surface area contributed by atoms with E-state index in [1.54, 1.807) is 0 Å². The van der Waals surface area contributed by atoms with E-state index < -0.39 is 0 Å². The summed E-state index contributed by atoms with van der Waals surface area (Å²) in [6.07, 6.45) is 2.73. The number of hydrogen-bond donors (Lipinski definition) is 1. The van der Waals surface area contributed by atoms with E-state index >= 15 is 0 Å². The van der Waals surface area contributed by atoms with Crippen LogP contribution in [-0.4, -0.2) is 32.4 Å². The molecule has 1 aromatic carbocycles. The van der Waals surface area contributed by atoms with Crippen LogP contribution in [0, 0.1) is 6.92 Å². The van der Waals surface area contributed by atoms with Crippen LogP contribution >= 0.6 is 11.6 Å². The minimum atomic E-state index is 0.382. The number of halogens is 1. The van der Waals surface area contributed by atoms with Crippen LogP contribution in [0.1, 0.15) is 18.4 Å². The van der Waals surface area contributed by atoms with Gasteiger partial charge in [-0.1, -0.05) is 17.7 Å². The molecule has 0 amide bonds. The minimum absolute atomic E-state index is 0.382. The number of nitrogens with one attached hydrogen (secondary N) is 1. The highest BCUT2D eigenvalue weighted by atomic mass is 35.5. The van der Waals surface area contributed by atoms with E-state index in [4.69, 9.17) is 21.1 Å². The highest BCUT2D eigenvalue weighted by Crippen LogP contribution is 2.24. The van der Waals surface area contributed by atoms with Crippen molar-refractivity contribution in [2.24, 2.45) is 0 Å². The summed E-state index contributed by atoms with van der Waals surface area (Å²) in [6.45, 7) is 5.27. The molecule has 0 spiro atoms. The summed E-state index contributed by atoms with van der Waals surface area (Å²) in [7, 11) is 0. The summed E-state index contributed by atoms with van der Waals surface area (Å²) in [5.41, 5.74) is 1.15. The molecule has 2 rings (SSSR count). The van der Waals surface area contributed by atoms with Crippen LogP contribution in [0.3, 0.4) is 0 Å². The van der Waals surface area contributed by atoms with Crippen LogP contribution in [-0.2, 0) is 4.74 Å². The maximum absolute atomic E-state index is 6.05. The molecule has 1 N–H and O–H groups in total. The molecule has 1 aromatic rings. The third-order valence-electron chi connectivity index (χ3n) is 3.02. The van der Waals surface area contributed by atoms with Gasteiger partial charge >= 0.3 is 0 Å². The number of ether oxygens (including phenoxy) is 2. The lowest BCUT2D eigenvalue weighted by molar-refractivity contribution is 0.109. The summed E-state index contributed by atoms with van der Waals surface area (Å²) < 4.78 is 11.2. The van der Waals surface area contributed by atoms with Gasteiger partial charge in [0.1, 0.15) is 12.4 Å². The smallest absolute Gasteiger partial charge is 0.138 e. The fourth-order valence-electron chi connectivity index (χ4n) is 2.02. The quantitative estimate of drug-likeness (QED) is 0.806. The van der Waals surface area contributed by atoms with Crippen LogP contribution in [0.25, 0.3) is 0 Å². The third-order valence-corrected chi connectivity index (χ3v) is 3.33. The van der Waals surface area contributed by atoms with Crippen molar-refractivity contribution >= 4 is 11.6 Å². The second kappa shape index (κ2) is 6.98. The SMILES string of the molecule is Cc1ccc(Cl)c(OCCNCC2CCCO2)c1. The normalized spacial score (nSPS) is 19.1. The fourth-order valence-corrected chi connectivity index (χ4v) is 2.19. The first-order valence-electron chi connectivity index (χ1n) is 6.47. The second-order valence-electron chi connectivity index (χ2n) is 4.62. The Morgan fingerprint density at radius 2 is 2.39 bits per heavy atom. The molecule has 0 saturated carbocycles. The van der Waals surface area contributed by atoms with Crippen molar-refractivity contribution in [1.29, 1.82) is 0 Å². The monoisotopic (exact) mass is 269 g/mol. The zero-order chi connectivity index (χ0) is 12.8. The van der Waals surface area contributed by atoms with E-state index in [-0.39, 0.29) is 0 Å². The van der Waals surface area contributed by atoms with Crippen LogP contribution in [0.5, 0.6) is 5.75 Å². The van der Waals surface area contributed by atoms with Gasteiger partial charge in [-0.25, -0.2) is 0 Å². The van der Waals surface area contributed by atoms with Gasteiger partial charge in [0.05, 0.1) is 11.1 Å². The molecule has 0 aromatic heterocycles. The van der Waals surface area contributed by atoms with Gasteiger partial charge in [-0.05, 0) is 37.5 Å². The van der Waals surface area contributed by atoms with Gasteiger partial charge in [0.15, 0.2) is 0 Å². The van der Waals surface area contributed by atoms with Crippen LogP contribution in [0.15, 0.2) is 18.2 Å². The minimum Gasteiger partial charge on any atom is -0.491 e. The molecule has 1 aliphatic rings. The largest absolute Gasteiger partial charge is 0.491 e. The van der Waals surface area contributed by atoms with Crippen molar-refractivity contribution in [3.8, 4) is 5.75 Å². The van der Waals surface area contributed by atoms with Gasteiger partial charge in [0.25, 0.3) is 0 Å².